The molecule has 17 heteroatoms. The number of aromatic carboxylic acids is 1. The maximum Gasteiger partial charge on any atom is 0.338 e. The molecule has 7 rings (SSSR count). The molecule has 4 aromatic rings. The number of halogens is 4. The highest BCUT2D eigenvalue weighted by Gasteiger charge is 2.43. The van der Waals surface area contributed by atoms with Crippen LogP contribution in [0.3, 0.4) is 0 Å². The standard InChI is InChI=1S/C37H32ClF3N6O6S/c1-19(2)52-36(50)31-29(43-33(34-42-7-10-54-34)44-32(31)26-5-4-21(39)14-27(26)38)18-45-8-9-46-24(16-45)17-47(37(46)51)23-12-22(40)13-25(15-23)53-30-6-3-20(35(48)49)11-28(30)41/h3-7,10-15,19,24,32H,8-9,16-18H2,1-2H3,(H,43,44)(H,48,49)/t24-,32-/m0/s1. The average molecular weight is 781 g/mol. The number of esters is 1. The molecule has 4 heterocycles. The van der Waals surface area contributed by atoms with E-state index in [1.807, 2.05) is 0 Å². The molecule has 2 N–H and O–H groups in total. The molecule has 2 atom stereocenters. The Hall–Kier alpha value is -5.45. The van der Waals surface area contributed by atoms with Crippen LogP contribution in [0.5, 0.6) is 11.5 Å². The van der Waals surface area contributed by atoms with Crippen LogP contribution < -0.4 is 15.0 Å². The number of carboxylic acid groups (broad SMARTS) is 1. The number of thiazole rings is 1. The first-order valence-corrected chi connectivity index (χ1v) is 18.1. The van der Waals surface area contributed by atoms with Crippen molar-refractivity contribution in [3.05, 3.63) is 116 Å². The van der Waals surface area contributed by atoms with Crippen LogP contribution in [0.1, 0.15) is 40.8 Å². The van der Waals surface area contributed by atoms with Crippen LogP contribution in [0.4, 0.5) is 23.7 Å². The Morgan fingerprint density at radius 2 is 1.87 bits per heavy atom. The van der Waals surface area contributed by atoms with Crippen molar-refractivity contribution in [3.63, 3.8) is 0 Å². The first-order valence-electron chi connectivity index (χ1n) is 16.8. The summed E-state index contributed by atoms with van der Waals surface area (Å²) < 4.78 is 54.9. The molecule has 280 valence electrons. The van der Waals surface area contributed by atoms with Gasteiger partial charge in [-0.3, -0.25) is 14.8 Å². The number of ether oxygens (including phenoxy) is 2. The molecule has 2 fully saturated rings. The summed E-state index contributed by atoms with van der Waals surface area (Å²) in [6, 6.07) is 8.98. The Labute approximate surface area is 316 Å². The van der Waals surface area contributed by atoms with Gasteiger partial charge in [0.05, 0.1) is 29.0 Å². The smallest absolute Gasteiger partial charge is 0.338 e. The van der Waals surface area contributed by atoms with E-state index in [0.29, 0.717) is 41.7 Å². The summed E-state index contributed by atoms with van der Waals surface area (Å²) in [5, 5.41) is 14.9. The zero-order valence-corrected chi connectivity index (χ0v) is 30.3. The monoisotopic (exact) mass is 780 g/mol. The van der Waals surface area contributed by atoms with Crippen LogP contribution in [0.2, 0.25) is 5.02 Å². The number of rotatable bonds is 10. The number of amides is 2. The molecule has 12 nitrogen and oxygen atoms in total. The third-order valence-corrected chi connectivity index (χ3v) is 10.1. The number of benzene rings is 3. The second kappa shape index (κ2) is 15.1. The van der Waals surface area contributed by atoms with Gasteiger partial charge >= 0.3 is 18.0 Å². The van der Waals surface area contributed by atoms with E-state index in [1.54, 1.807) is 30.3 Å². The van der Waals surface area contributed by atoms with Crippen molar-refractivity contribution in [2.75, 3.05) is 37.6 Å². The summed E-state index contributed by atoms with van der Waals surface area (Å²) >= 11 is 7.88. The van der Waals surface area contributed by atoms with E-state index in [-0.39, 0.29) is 58.5 Å². The first kappa shape index (κ1) is 36.9. The molecular weight excluding hydrogens is 749 g/mol. The second-order valence-electron chi connectivity index (χ2n) is 13.0. The molecule has 3 aromatic carbocycles. The van der Waals surface area contributed by atoms with Gasteiger partial charge in [0.25, 0.3) is 0 Å². The highest BCUT2D eigenvalue weighted by atomic mass is 35.5. The molecule has 2 saturated heterocycles. The van der Waals surface area contributed by atoms with E-state index in [9.17, 15) is 27.6 Å². The summed E-state index contributed by atoms with van der Waals surface area (Å²) in [6.07, 6.45) is 1.17. The lowest BCUT2D eigenvalue weighted by Crippen LogP contribution is -2.53. The zero-order chi connectivity index (χ0) is 38.3. The van der Waals surface area contributed by atoms with Crippen LogP contribution in [-0.2, 0) is 9.53 Å². The summed E-state index contributed by atoms with van der Waals surface area (Å²) in [5.41, 5.74) is 1.00. The van der Waals surface area contributed by atoms with E-state index in [0.717, 1.165) is 30.3 Å². The van der Waals surface area contributed by atoms with Crippen molar-refractivity contribution < 1.29 is 42.1 Å². The molecule has 0 aliphatic carbocycles. The van der Waals surface area contributed by atoms with Crippen molar-refractivity contribution in [1.29, 1.82) is 0 Å². The van der Waals surface area contributed by atoms with Gasteiger partial charge in [-0.25, -0.2) is 32.5 Å². The first-order chi connectivity index (χ1) is 25.8. The number of aliphatic imine (C=N–C) groups is 1. The van der Waals surface area contributed by atoms with Gasteiger partial charge in [0.1, 0.15) is 23.4 Å². The number of anilines is 1. The predicted octanol–water partition coefficient (Wildman–Crippen LogP) is 6.63. The van der Waals surface area contributed by atoms with Crippen molar-refractivity contribution >= 4 is 52.4 Å². The predicted molar refractivity (Wildman–Crippen MR) is 194 cm³/mol. The van der Waals surface area contributed by atoms with Crippen molar-refractivity contribution in [2.45, 2.75) is 32.0 Å². The Bertz CT molecular complexity index is 2200. The number of hydrogen-bond donors (Lipinski definition) is 2. The minimum atomic E-state index is -1.31. The van der Waals surface area contributed by atoms with Gasteiger partial charge in [-0.05, 0) is 50.2 Å². The molecule has 0 saturated carbocycles. The van der Waals surface area contributed by atoms with E-state index in [4.69, 9.17) is 31.2 Å². The molecule has 3 aliphatic rings. The molecule has 0 unspecified atom stereocenters. The Balaban J connectivity index is 1.14. The number of fused-ring (bicyclic) bond motifs is 1. The molecule has 1 aromatic heterocycles. The van der Waals surface area contributed by atoms with Crippen molar-refractivity contribution in [1.82, 2.24) is 20.1 Å². The second-order valence-corrected chi connectivity index (χ2v) is 14.3. The number of amidine groups is 1. The fraction of sp³-hybridized carbons (Fsp3) is 0.270. The summed E-state index contributed by atoms with van der Waals surface area (Å²) in [5.74, 6) is -4.16. The minimum absolute atomic E-state index is 0.0867. The maximum atomic E-state index is 14.9. The summed E-state index contributed by atoms with van der Waals surface area (Å²) in [7, 11) is 0. The fourth-order valence-electron chi connectivity index (χ4n) is 6.60. The highest BCUT2D eigenvalue weighted by Crippen LogP contribution is 2.38. The fourth-order valence-corrected chi connectivity index (χ4v) is 7.45. The van der Waals surface area contributed by atoms with Crippen LogP contribution in [0.15, 0.2) is 82.4 Å². The number of urea groups is 1. The van der Waals surface area contributed by atoms with Gasteiger partial charge in [0.2, 0.25) is 0 Å². The minimum Gasteiger partial charge on any atom is -0.478 e. The van der Waals surface area contributed by atoms with Gasteiger partial charge in [0.15, 0.2) is 22.4 Å². The lowest BCUT2D eigenvalue weighted by molar-refractivity contribution is -0.143. The van der Waals surface area contributed by atoms with Crippen LogP contribution in [-0.4, -0.2) is 88.6 Å². The lowest BCUT2D eigenvalue weighted by Gasteiger charge is -2.38. The zero-order valence-electron chi connectivity index (χ0n) is 28.8. The number of nitrogens with zero attached hydrogens (tertiary/aromatic N) is 5. The average Bonchev–Trinajstić information content (AvgIpc) is 3.77. The number of carbonyl (C=O) groups is 3. The Morgan fingerprint density at radius 1 is 1.06 bits per heavy atom. The van der Waals surface area contributed by atoms with Crippen molar-refractivity contribution in [2.24, 2.45) is 4.99 Å². The SMILES string of the molecule is CC(C)OC(=O)C1=C(CN2CCN3C(=O)N(c4cc(F)cc(Oc5ccc(C(=O)O)cc5F)c4)C[C@@H]3C2)NC(c2nccs2)=N[C@H]1c1ccc(F)cc1Cl. The molecule has 3 aliphatic heterocycles. The third-order valence-electron chi connectivity index (χ3n) is 8.97. The number of nitrogens with one attached hydrogen (secondary N) is 1. The molecule has 2 amide bonds. The summed E-state index contributed by atoms with van der Waals surface area (Å²) in [4.78, 5) is 53.0. The van der Waals surface area contributed by atoms with Gasteiger partial charge in [-0.15, -0.1) is 11.3 Å². The van der Waals surface area contributed by atoms with E-state index in [1.165, 1.54) is 40.5 Å². The van der Waals surface area contributed by atoms with Crippen LogP contribution in [0.25, 0.3) is 0 Å². The molecular formula is C37H32ClF3N6O6S. The van der Waals surface area contributed by atoms with Crippen LogP contribution in [0, 0.1) is 17.5 Å². The molecule has 0 bridgehead atoms. The van der Waals surface area contributed by atoms with Gasteiger partial charge in [-0.2, -0.15) is 0 Å². The van der Waals surface area contributed by atoms with Crippen molar-refractivity contribution in [3.8, 4) is 11.5 Å². The van der Waals surface area contributed by atoms with E-state index >= 15 is 0 Å². The largest absolute Gasteiger partial charge is 0.478 e. The molecule has 0 radical (unpaired) electrons. The van der Waals surface area contributed by atoms with E-state index in [2.05, 4.69) is 15.2 Å². The van der Waals surface area contributed by atoms with Gasteiger partial charge < -0.3 is 24.8 Å². The number of aromatic nitrogens is 1. The Kier molecular flexibility index (Phi) is 10.3. The topological polar surface area (TPSA) is 137 Å². The number of piperazine rings is 1. The van der Waals surface area contributed by atoms with Crippen LogP contribution >= 0.6 is 22.9 Å². The maximum absolute atomic E-state index is 14.9. The number of hydrogen-bond acceptors (Lipinski definition) is 10. The normalized spacial score (nSPS) is 18.8. The third kappa shape index (κ3) is 7.62. The van der Waals surface area contributed by atoms with Gasteiger partial charge in [0, 0.05) is 72.7 Å². The number of carbonyl (C=O) groups excluding carboxylic acids is 2. The summed E-state index contributed by atoms with van der Waals surface area (Å²) in [6.45, 7) is 4.98. The number of carboxylic acids is 1. The quantitative estimate of drug-likeness (QED) is 0.170. The van der Waals surface area contributed by atoms with Gasteiger partial charge in [-0.1, -0.05) is 17.7 Å². The molecule has 54 heavy (non-hydrogen) atoms. The van der Waals surface area contributed by atoms with E-state index < -0.39 is 41.5 Å². The Morgan fingerprint density at radius 3 is 2.57 bits per heavy atom. The lowest BCUT2D eigenvalue weighted by atomic mass is 9.95. The highest BCUT2D eigenvalue weighted by molar-refractivity contribution is 7.11. The molecule has 0 spiro atoms.